The third kappa shape index (κ3) is 4.13. The lowest BCUT2D eigenvalue weighted by Gasteiger charge is -2.30. The third-order valence-corrected chi connectivity index (χ3v) is 4.24. The minimum Gasteiger partial charge on any atom is -0.493 e. The third-order valence-electron chi connectivity index (χ3n) is 3.99. The quantitative estimate of drug-likeness (QED) is 0.828. The number of carbonyl (C=O) groups is 1. The second-order valence-electron chi connectivity index (χ2n) is 5.55. The Labute approximate surface area is 153 Å². The van der Waals surface area contributed by atoms with Gasteiger partial charge in [0.2, 0.25) is 5.91 Å². The van der Waals surface area contributed by atoms with Gasteiger partial charge in [-0.2, -0.15) is 0 Å². The van der Waals surface area contributed by atoms with Crippen LogP contribution in [0.1, 0.15) is 18.4 Å². The van der Waals surface area contributed by atoms with Crippen molar-refractivity contribution in [1.29, 1.82) is 0 Å². The van der Waals surface area contributed by atoms with Crippen molar-refractivity contribution < 1.29 is 9.53 Å². The van der Waals surface area contributed by atoms with Crippen LogP contribution in [0.25, 0.3) is 0 Å². The first-order valence-electron chi connectivity index (χ1n) is 7.71. The molecule has 0 saturated heterocycles. The molecule has 4 nitrogen and oxygen atoms in total. The molecule has 3 rings (SSSR count). The van der Waals surface area contributed by atoms with Gasteiger partial charge in [0.1, 0.15) is 5.75 Å². The highest BCUT2D eigenvalue weighted by Gasteiger charge is 2.23. The molecule has 0 spiro atoms. The summed E-state index contributed by atoms with van der Waals surface area (Å²) in [5.74, 6) is 0.774. The highest BCUT2D eigenvalue weighted by molar-refractivity contribution is 6.30. The van der Waals surface area contributed by atoms with E-state index in [-0.39, 0.29) is 18.3 Å². The van der Waals surface area contributed by atoms with Crippen LogP contribution in [-0.4, -0.2) is 19.1 Å². The Morgan fingerprint density at radius 2 is 1.96 bits per heavy atom. The van der Waals surface area contributed by atoms with E-state index < -0.39 is 0 Å². The van der Waals surface area contributed by atoms with Crippen molar-refractivity contribution in [2.75, 3.05) is 23.8 Å². The van der Waals surface area contributed by atoms with Crippen molar-refractivity contribution in [3.05, 3.63) is 53.1 Å². The Hall–Kier alpha value is -1.91. The van der Waals surface area contributed by atoms with Gasteiger partial charge in [-0.25, -0.2) is 0 Å². The van der Waals surface area contributed by atoms with E-state index in [4.69, 9.17) is 22.1 Å². The zero-order valence-electron chi connectivity index (χ0n) is 13.2. The fourth-order valence-corrected chi connectivity index (χ4v) is 2.96. The van der Waals surface area contributed by atoms with Gasteiger partial charge in [-0.15, -0.1) is 12.4 Å². The summed E-state index contributed by atoms with van der Waals surface area (Å²) in [6.07, 6.45) is 2.19. The van der Waals surface area contributed by atoms with E-state index in [1.54, 1.807) is 24.3 Å². The molecule has 6 heteroatoms. The summed E-state index contributed by atoms with van der Waals surface area (Å²) in [5, 5.41) is 0.663. The van der Waals surface area contributed by atoms with Crippen LogP contribution < -0.4 is 15.4 Å². The largest absolute Gasteiger partial charge is 0.493 e. The number of benzene rings is 2. The SMILES string of the molecule is Cl.Nc1cccc2c1CCCN2C(=O)CCOc1ccc(Cl)cc1. The van der Waals surface area contributed by atoms with Gasteiger partial charge >= 0.3 is 0 Å². The second kappa shape index (κ2) is 8.27. The number of anilines is 2. The Morgan fingerprint density at radius 3 is 2.71 bits per heavy atom. The molecular formula is C18H20Cl2N2O2. The summed E-state index contributed by atoms with van der Waals surface area (Å²) in [4.78, 5) is 14.3. The topological polar surface area (TPSA) is 55.6 Å². The van der Waals surface area contributed by atoms with Crippen LogP contribution in [0.15, 0.2) is 42.5 Å². The van der Waals surface area contributed by atoms with Crippen molar-refractivity contribution in [2.45, 2.75) is 19.3 Å². The lowest BCUT2D eigenvalue weighted by molar-refractivity contribution is -0.119. The fourth-order valence-electron chi connectivity index (χ4n) is 2.83. The normalized spacial score (nSPS) is 13.0. The van der Waals surface area contributed by atoms with E-state index in [1.807, 2.05) is 23.1 Å². The molecule has 2 aromatic rings. The average molecular weight is 367 g/mol. The number of ether oxygens (including phenoxy) is 1. The Bertz CT molecular complexity index is 705. The maximum absolute atomic E-state index is 12.5. The number of fused-ring (bicyclic) bond motifs is 1. The van der Waals surface area contributed by atoms with Crippen LogP contribution in [0.4, 0.5) is 11.4 Å². The van der Waals surface area contributed by atoms with Crippen LogP contribution in [0, 0.1) is 0 Å². The molecule has 0 aliphatic carbocycles. The van der Waals surface area contributed by atoms with Crippen LogP contribution in [0.3, 0.4) is 0 Å². The Balaban J connectivity index is 0.00000208. The van der Waals surface area contributed by atoms with Gasteiger partial charge in [-0.1, -0.05) is 17.7 Å². The van der Waals surface area contributed by atoms with Crippen LogP contribution in [0.5, 0.6) is 5.75 Å². The zero-order valence-corrected chi connectivity index (χ0v) is 14.8. The fraction of sp³-hybridized carbons (Fsp3) is 0.278. The molecular weight excluding hydrogens is 347 g/mol. The minimum atomic E-state index is 0. The molecule has 0 saturated carbocycles. The van der Waals surface area contributed by atoms with E-state index in [1.165, 1.54) is 0 Å². The van der Waals surface area contributed by atoms with Crippen molar-refractivity contribution >= 4 is 41.3 Å². The summed E-state index contributed by atoms with van der Waals surface area (Å²) in [6, 6.07) is 12.9. The van der Waals surface area contributed by atoms with Crippen molar-refractivity contribution in [1.82, 2.24) is 0 Å². The molecule has 0 aromatic heterocycles. The molecule has 0 bridgehead atoms. The molecule has 2 aromatic carbocycles. The molecule has 0 fully saturated rings. The van der Waals surface area contributed by atoms with Gasteiger partial charge in [0, 0.05) is 22.9 Å². The predicted octanol–water partition coefficient (Wildman–Crippen LogP) is 4.09. The summed E-state index contributed by atoms with van der Waals surface area (Å²) in [7, 11) is 0. The first kappa shape index (κ1) is 18.4. The molecule has 1 aliphatic heterocycles. The number of hydrogen-bond acceptors (Lipinski definition) is 3. The lowest BCUT2D eigenvalue weighted by atomic mass is 9.99. The number of rotatable bonds is 4. The van der Waals surface area contributed by atoms with Crippen molar-refractivity contribution in [2.24, 2.45) is 0 Å². The number of amides is 1. The second-order valence-corrected chi connectivity index (χ2v) is 5.98. The van der Waals surface area contributed by atoms with E-state index in [0.29, 0.717) is 23.8 Å². The molecule has 1 amide bonds. The Kier molecular flexibility index (Phi) is 6.35. The monoisotopic (exact) mass is 366 g/mol. The first-order chi connectivity index (χ1) is 11.1. The summed E-state index contributed by atoms with van der Waals surface area (Å²) < 4.78 is 5.60. The molecule has 0 atom stereocenters. The summed E-state index contributed by atoms with van der Waals surface area (Å²) >= 11 is 5.83. The van der Waals surface area contributed by atoms with E-state index >= 15 is 0 Å². The molecule has 24 heavy (non-hydrogen) atoms. The molecule has 1 aliphatic rings. The van der Waals surface area contributed by atoms with Gasteiger partial charge < -0.3 is 15.4 Å². The molecule has 0 radical (unpaired) electrons. The highest BCUT2D eigenvalue weighted by atomic mass is 35.5. The first-order valence-corrected chi connectivity index (χ1v) is 8.09. The number of nitrogens with zero attached hydrogens (tertiary/aromatic N) is 1. The smallest absolute Gasteiger partial charge is 0.230 e. The number of carbonyl (C=O) groups excluding carboxylic acids is 1. The van der Waals surface area contributed by atoms with Crippen LogP contribution >= 0.6 is 24.0 Å². The molecule has 1 heterocycles. The van der Waals surface area contributed by atoms with Crippen molar-refractivity contribution in [3.8, 4) is 5.75 Å². The van der Waals surface area contributed by atoms with E-state index in [0.717, 1.165) is 36.3 Å². The van der Waals surface area contributed by atoms with Crippen molar-refractivity contribution in [3.63, 3.8) is 0 Å². The summed E-state index contributed by atoms with van der Waals surface area (Å²) in [6.45, 7) is 1.07. The van der Waals surface area contributed by atoms with Crippen LogP contribution in [0.2, 0.25) is 5.02 Å². The van der Waals surface area contributed by atoms with E-state index in [2.05, 4.69) is 0 Å². The maximum atomic E-state index is 12.5. The molecule has 0 unspecified atom stereocenters. The van der Waals surface area contributed by atoms with Gasteiger partial charge in [0.25, 0.3) is 0 Å². The standard InChI is InChI=1S/C18H19ClN2O2.ClH/c19-13-6-8-14(9-7-13)23-12-10-18(22)21-11-2-3-15-16(20)4-1-5-17(15)21;/h1,4-9H,2-3,10-12,20H2;1H. The molecule has 2 N–H and O–H groups in total. The highest BCUT2D eigenvalue weighted by Crippen LogP contribution is 2.31. The van der Waals surface area contributed by atoms with Crippen LogP contribution in [-0.2, 0) is 11.2 Å². The van der Waals surface area contributed by atoms with Gasteiger partial charge in [-0.05, 0) is 54.8 Å². The number of nitrogens with two attached hydrogens (primary N) is 1. The average Bonchev–Trinajstić information content (AvgIpc) is 2.56. The lowest BCUT2D eigenvalue weighted by Crippen LogP contribution is -2.36. The molecule has 128 valence electrons. The Morgan fingerprint density at radius 1 is 1.21 bits per heavy atom. The number of halogens is 2. The number of nitrogen functional groups attached to an aromatic ring is 1. The van der Waals surface area contributed by atoms with Gasteiger partial charge in [-0.3, -0.25) is 4.79 Å². The van der Waals surface area contributed by atoms with Gasteiger partial charge in [0.05, 0.1) is 13.0 Å². The van der Waals surface area contributed by atoms with Gasteiger partial charge in [0.15, 0.2) is 0 Å². The summed E-state index contributed by atoms with van der Waals surface area (Å²) in [5.41, 5.74) is 8.79. The minimum absolute atomic E-state index is 0. The maximum Gasteiger partial charge on any atom is 0.230 e. The van der Waals surface area contributed by atoms with E-state index in [9.17, 15) is 4.79 Å². The predicted molar refractivity (Wildman–Crippen MR) is 100 cm³/mol. The number of hydrogen-bond donors (Lipinski definition) is 1. The zero-order chi connectivity index (χ0) is 16.2.